The number of aromatic nitrogens is 1. The van der Waals surface area contributed by atoms with Gasteiger partial charge in [0.1, 0.15) is 0 Å². The third-order valence-electron chi connectivity index (χ3n) is 14.2. The Hall–Kier alpha value is -9.18. The van der Waals surface area contributed by atoms with E-state index in [2.05, 4.69) is 299 Å². The average Bonchev–Trinajstić information content (AvgIpc) is 3.93. The summed E-state index contributed by atoms with van der Waals surface area (Å²) in [7, 11) is 0. The molecule has 1 atom stereocenters. The zero-order valence-electron chi connectivity index (χ0n) is 38.5. The van der Waals surface area contributed by atoms with E-state index < -0.39 is 5.41 Å². The van der Waals surface area contributed by atoms with Crippen LogP contribution in [0.25, 0.3) is 49.7 Å². The summed E-state index contributed by atoms with van der Waals surface area (Å²) in [6.45, 7) is 0. The predicted molar refractivity (Wildman–Crippen MR) is 293 cm³/mol. The van der Waals surface area contributed by atoms with Crippen LogP contribution in [-0.2, 0) is 5.41 Å². The molecule has 1 aliphatic rings. The quantitative estimate of drug-likeness (QED) is 0.136. The van der Waals surface area contributed by atoms with Crippen molar-refractivity contribution in [3.8, 4) is 27.9 Å². The van der Waals surface area contributed by atoms with Crippen molar-refractivity contribution in [2.75, 3.05) is 9.80 Å². The van der Waals surface area contributed by atoms with Crippen molar-refractivity contribution in [2.24, 2.45) is 0 Å². The van der Waals surface area contributed by atoms with E-state index >= 15 is 0 Å². The van der Waals surface area contributed by atoms with Crippen molar-refractivity contribution in [1.82, 2.24) is 4.57 Å². The molecule has 11 aromatic carbocycles. The minimum atomic E-state index is -0.741. The second kappa shape index (κ2) is 17.2. The van der Waals surface area contributed by atoms with Crippen LogP contribution in [0, 0.1) is 0 Å². The van der Waals surface area contributed by atoms with E-state index in [1.807, 2.05) is 0 Å². The van der Waals surface area contributed by atoms with Crippen LogP contribution in [0.1, 0.15) is 22.3 Å². The molecule has 13 rings (SSSR count). The molecule has 1 aromatic heterocycles. The second-order valence-corrected chi connectivity index (χ2v) is 18.1. The van der Waals surface area contributed by atoms with Gasteiger partial charge in [0.05, 0.1) is 22.1 Å². The minimum Gasteiger partial charge on any atom is -0.310 e. The smallest absolute Gasteiger partial charge is 0.0715 e. The molecule has 0 spiro atoms. The van der Waals surface area contributed by atoms with Crippen LogP contribution in [0.2, 0.25) is 0 Å². The number of fused-ring (bicyclic) bond motifs is 6. The first-order valence-corrected chi connectivity index (χ1v) is 24.1. The molecule has 330 valence electrons. The highest BCUT2D eigenvalue weighted by atomic mass is 15.2. The number of rotatable bonds is 10. The molecule has 12 aromatic rings. The van der Waals surface area contributed by atoms with Crippen molar-refractivity contribution in [3.05, 3.63) is 307 Å². The van der Waals surface area contributed by atoms with Gasteiger partial charge in [0.25, 0.3) is 0 Å². The lowest BCUT2D eigenvalue weighted by atomic mass is 9.67. The van der Waals surface area contributed by atoms with Gasteiger partial charge in [-0.2, -0.15) is 0 Å². The third-order valence-corrected chi connectivity index (χ3v) is 14.2. The Balaban J connectivity index is 1.17. The Labute approximate surface area is 409 Å². The molecular weight excluding hydrogens is 847 g/mol. The highest BCUT2D eigenvalue weighted by Crippen LogP contribution is 2.61. The molecule has 1 heterocycles. The first-order valence-electron chi connectivity index (χ1n) is 24.1. The summed E-state index contributed by atoms with van der Waals surface area (Å²) in [5.74, 6) is 0. The monoisotopic (exact) mass is 893 g/mol. The van der Waals surface area contributed by atoms with E-state index in [4.69, 9.17) is 0 Å². The van der Waals surface area contributed by atoms with Crippen molar-refractivity contribution in [1.29, 1.82) is 0 Å². The number of para-hydroxylation sites is 5. The van der Waals surface area contributed by atoms with Gasteiger partial charge in [-0.3, -0.25) is 0 Å². The van der Waals surface area contributed by atoms with Crippen LogP contribution < -0.4 is 9.80 Å². The topological polar surface area (TPSA) is 11.4 Å². The van der Waals surface area contributed by atoms with E-state index in [1.54, 1.807) is 0 Å². The van der Waals surface area contributed by atoms with E-state index in [-0.39, 0.29) is 0 Å². The SMILES string of the molecule is c1ccc(-c2ccc3c4cc(C5(c6ccccc6)c6ccccc6-c6c(N(c7ccccc7)c7ccccc7)cc(N(c7ccccc7)c7ccccc7)cc65)ccc4n(-c4ccccc4)c3c2)cc1. The summed E-state index contributed by atoms with van der Waals surface area (Å²) >= 11 is 0. The summed E-state index contributed by atoms with van der Waals surface area (Å²) in [6.07, 6.45) is 0. The fourth-order valence-electron chi connectivity index (χ4n) is 11.2. The largest absolute Gasteiger partial charge is 0.310 e. The van der Waals surface area contributed by atoms with Crippen LogP contribution >= 0.6 is 0 Å². The molecule has 70 heavy (non-hydrogen) atoms. The van der Waals surface area contributed by atoms with Gasteiger partial charge in [0.15, 0.2) is 0 Å². The van der Waals surface area contributed by atoms with Gasteiger partial charge < -0.3 is 14.4 Å². The Bertz CT molecular complexity index is 3720. The van der Waals surface area contributed by atoms with Gasteiger partial charge in [0.2, 0.25) is 0 Å². The summed E-state index contributed by atoms with van der Waals surface area (Å²) in [5, 5.41) is 2.42. The number of hydrogen-bond donors (Lipinski definition) is 0. The molecule has 0 radical (unpaired) electrons. The van der Waals surface area contributed by atoms with Crippen molar-refractivity contribution >= 4 is 55.9 Å². The molecule has 0 amide bonds. The highest BCUT2D eigenvalue weighted by molar-refractivity contribution is 6.11. The molecule has 3 nitrogen and oxygen atoms in total. The lowest BCUT2D eigenvalue weighted by molar-refractivity contribution is 0.770. The maximum Gasteiger partial charge on any atom is 0.0715 e. The Morgan fingerprint density at radius 2 is 0.814 bits per heavy atom. The zero-order valence-corrected chi connectivity index (χ0v) is 38.5. The van der Waals surface area contributed by atoms with Gasteiger partial charge in [0, 0.05) is 50.5 Å². The van der Waals surface area contributed by atoms with Gasteiger partial charge >= 0.3 is 0 Å². The standard InChI is InChI=1S/C67H47N3/c1-8-24-48(25-9-1)49-40-42-58-60-45-51(41-43-63(60)70(64(58)44-49)56-36-20-7-21-37-56)67(50-26-10-2-11-27-50)61-39-23-22-38-59(61)66-62(67)46-57(68(52-28-12-3-13-29-52)53-30-14-4-15-31-53)47-65(66)69(54-32-16-5-17-33-54)55-34-18-6-19-35-55/h1-47H. The van der Waals surface area contributed by atoms with E-state index in [0.717, 1.165) is 45.3 Å². The number of hydrogen-bond acceptors (Lipinski definition) is 2. The third kappa shape index (κ3) is 6.66. The molecule has 1 aliphatic carbocycles. The summed E-state index contributed by atoms with van der Waals surface area (Å²) in [6, 6.07) is 104. The molecule has 3 heteroatoms. The van der Waals surface area contributed by atoms with Crippen molar-refractivity contribution < 1.29 is 0 Å². The van der Waals surface area contributed by atoms with Crippen LogP contribution in [0.3, 0.4) is 0 Å². The molecular formula is C67H47N3. The zero-order chi connectivity index (χ0) is 46.4. The van der Waals surface area contributed by atoms with E-state index in [9.17, 15) is 0 Å². The van der Waals surface area contributed by atoms with Gasteiger partial charge in [-0.15, -0.1) is 0 Å². The van der Waals surface area contributed by atoms with Crippen LogP contribution in [-0.4, -0.2) is 4.57 Å². The van der Waals surface area contributed by atoms with Gasteiger partial charge in [-0.1, -0.05) is 194 Å². The first kappa shape index (κ1) is 41.0. The molecule has 1 unspecified atom stereocenters. The number of nitrogens with zero attached hydrogens (tertiary/aromatic N) is 3. The Morgan fingerprint density at radius 3 is 1.41 bits per heavy atom. The van der Waals surface area contributed by atoms with Crippen LogP contribution in [0.5, 0.6) is 0 Å². The second-order valence-electron chi connectivity index (χ2n) is 18.1. The minimum absolute atomic E-state index is 0.741. The van der Waals surface area contributed by atoms with E-state index in [1.165, 1.54) is 60.8 Å². The Kier molecular flexibility index (Phi) is 10.1. The first-order chi connectivity index (χ1) is 34.8. The van der Waals surface area contributed by atoms with Crippen LogP contribution in [0.15, 0.2) is 285 Å². The summed E-state index contributed by atoms with van der Waals surface area (Å²) < 4.78 is 2.44. The highest BCUT2D eigenvalue weighted by Gasteiger charge is 2.48. The summed E-state index contributed by atoms with van der Waals surface area (Å²) in [5.41, 5.74) is 18.9. The molecule has 0 saturated carbocycles. The van der Waals surface area contributed by atoms with Crippen molar-refractivity contribution in [3.63, 3.8) is 0 Å². The lowest BCUT2D eigenvalue weighted by Crippen LogP contribution is -2.29. The lowest BCUT2D eigenvalue weighted by Gasteiger charge is -2.36. The molecule has 0 saturated heterocycles. The summed E-state index contributed by atoms with van der Waals surface area (Å²) in [4.78, 5) is 4.87. The molecule has 0 N–H and O–H groups in total. The molecule has 0 fully saturated rings. The molecule has 0 bridgehead atoms. The average molecular weight is 894 g/mol. The molecule has 0 aliphatic heterocycles. The maximum atomic E-state index is 2.50. The van der Waals surface area contributed by atoms with Gasteiger partial charge in [-0.05, 0) is 130 Å². The normalized spacial score (nSPS) is 13.8. The Morgan fingerprint density at radius 1 is 0.300 bits per heavy atom. The fourth-order valence-corrected chi connectivity index (χ4v) is 11.2. The number of benzene rings is 11. The predicted octanol–water partition coefficient (Wildman–Crippen LogP) is 17.8. The fraction of sp³-hybridized carbons (Fsp3) is 0.0149. The van der Waals surface area contributed by atoms with Crippen LogP contribution in [0.4, 0.5) is 34.1 Å². The number of anilines is 6. The maximum absolute atomic E-state index is 2.50. The van der Waals surface area contributed by atoms with E-state index in [0.29, 0.717) is 0 Å². The van der Waals surface area contributed by atoms with Gasteiger partial charge in [-0.25, -0.2) is 0 Å². The van der Waals surface area contributed by atoms with Crippen molar-refractivity contribution in [2.45, 2.75) is 5.41 Å².